The smallest absolute Gasteiger partial charge is 0.229 e. The average molecular weight is 559 g/mol. The molecule has 2 aliphatic rings. The lowest BCUT2D eigenvalue weighted by molar-refractivity contribution is 0.0944. The van der Waals surface area contributed by atoms with Gasteiger partial charge < -0.3 is 25.0 Å². The minimum absolute atomic E-state index is 0.496. The van der Waals surface area contributed by atoms with Crippen LogP contribution in [0.3, 0.4) is 0 Å². The van der Waals surface area contributed by atoms with E-state index in [9.17, 15) is 4.57 Å². The molecule has 1 spiro atoms. The van der Waals surface area contributed by atoms with Gasteiger partial charge in [-0.15, -0.1) is 0 Å². The zero-order valence-corrected chi connectivity index (χ0v) is 25.5. The van der Waals surface area contributed by atoms with Crippen molar-refractivity contribution in [2.45, 2.75) is 39.5 Å². The minimum Gasteiger partial charge on any atom is -0.371 e. The van der Waals surface area contributed by atoms with E-state index >= 15 is 0 Å². The highest BCUT2D eigenvalue weighted by Crippen LogP contribution is 2.42. The molecule has 0 atom stereocenters. The number of piperidine rings is 2. The summed E-state index contributed by atoms with van der Waals surface area (Å²) >= 11 is 0. The van der Waals surface area contributed by atoms with E-state index in [0.717, 1.165) is 40.9 Å². The van der Waals surface area contributed by atoms with Gasteiger partial charge >= 0.3 is 0 Å². The Kier molecular flexibility index (Phi) is 8.08. The van der Waals surface area contributed by atoms with Gasteiger partial charge in [0.2, 0.25) is 5.95 Å². The fraction of sp³-hybridized carbons (Fsp3) is 0.438. The predicted octanol–water partition coefficient (Wildman–Crippen LogP) is 6.87. The second-order valence-corrected chi connectivity index (χ2v) is 15.3. The Hall–Kier alpha value is -3.15. The van der Waals surface area contributed by atoms with E-state index < -0.39 is 7.14 Å². The molecule has 0 radical (unpaired) electrons. The van der Waals surface area contributed by atoms with Gasteiger partial charge in [0.05, 0.1) is 5.69 Å². The number of aromatic nitrogens is 2. The lowest BCUT2D eigenvalue weighted by Crippen LogP contribution is -2.46. The molecule has 3 heterocycles. The van der Waals surface area contributed by atoms with Crippen molar-refractivity contribution in [1.29, 1.82) is 0 Å². The number of allylic oxidation sites excluding steroid dienone is 1. The lowest BCUT2D eigenvalue weighted by Gasteiger charge is -2.47. The molecule has 212 valence electrons. The van der Waals surface area contributed by atoms with Crippen molar-refractivity contribution in [2.24, 2.45) is 5.41 Å². The molecule has 2 saturated heterocycles. The fourth-order valence-electron chi connectivity index (χ4n) is 6.06. The number of aryl methyl sites for hydroxylation is 1. The third-order valence-corrected chi connectivity index (χ3v) is 10.2. The van der Waals surface area contributed by atoms with Crippen LogP contribution in [0.25, 0.3) is 5.57 Å². The third-order valence-electron chi connectivity index (χ3n) is 8.65. The van der Waals surface area contributed by atoms with Gasteiger partial charge in [0, 0.05) is 41.5 Å². The highest BCUT2D eigenvalue weighted by atomic mass is 31.2. The summed E-state index contributed by atoms with van der Waals surface area (Å²) in [5.41, 5.74) is 6.51. The molecule has 0 unspecified atom stereocenters. The summed E-state index contributed by atoms with van der Waals surface area (Å²) in [5, 5.41) is 7.60. The highest BCUT2D eigenvalue weighted by Gasteiger charge is 2.37. The Morgan fingerprint density at radius 3 is 2.33 bits per heavy atom. The summed E-state index contributed by atoms with van der Waals surface area (Å²) < 4.78 is 12.9. The van der Waals surface area contributed by atoms with Gasteiger partial charge in [0.15, 0.2) is 0 Å². The number of rotatable bonds is 7. The van der Waals surface area contributed by atoms with Crippen LogP contribution in [-0.2, 0) is 4.57 Å². The maximum atomic E-state index is 12.9. The van der Waals surface area contributed by atoms with Crippen LogP contribution in [0, 0.1) is 12.3 Å². The van der Waals surface area contributed by atoms with Gasteiger partial charge in [-0.2, -0.15) is 4.98 Å². The summed E-state index contributed by atoms with van der Waals surface area (Å²) in [6.45, 7) is 16.5. The molecule has 0 bridgehead atoms. The Labute approximate surface area is 239 Å². The van der Waals surface area contributed by atoms with E-state index in [4.69, 9.17) is 4.98 Å². The van der Waals surface area contributed by atoms with Crippen LogP contribution in [0.1, 0.15) is 43.7 Å². The molecule has 0 aliphatic carbocycles. The van der Waals surface area contributed by atoms with Crippen molar-refractivity contribution < 1.29 is 4.57 Å². The largest absolute Gasteiger partial charge is 0.371 e. The topological polar surface area (TPSA) is 73.4 Å². The molecule has 2 aliphatic heterocycles. The average Bonchev–Trinajstić information content (AvgIpc) is 2.91. The quantitative estimate of drug-likeness (QED) is 0.307. The van der Waals surface area contributed by atoms with Crippen molar-refractivity contribution in [3.05, 3.63) is 66.4 Å². The summed E-state index contributed by atoms with van der Waals surface area (Å²) in [5.74, 6) is 1.13. The zero-order valence-electron chi connectivity index (χ0n) is 24.6. The maximum Gasteiger partial charge on any atom is 0.229 e. The molecule has 7 nitrogen and oxygen atoms in total. The Morgan fingerprint density at radius 1 is 1.00 bits per heavy atom. The molecule has 2 aromatic carbocycles. The molecule has 40 heavy (non-hydrogen) atoms. The summed E-state index contributed by atoms with van der Waals surface area (Å²) in [7, 11) is -0.239. The van der Waals surface area contributed by atoms with Crippen molar-refractivity contribution >= 4 is 46.8 Å². The number of nitrogens with zero attached hydrogens (tertiary/aromatic N) is 4. The van der Waals surface area contributed by atoms with Crippen molar-refractivity contribution in [3.8, 4) is 0 Å². The first-order chi connectivity index (χ1) is 19.0. The fourth-order valence-corrected chi connectivity index (χ4v) is 7.21. The number of anilines is 5. The second kappa shape index (κ2) is 11.4. The SMILES string of the molecule is C=C(C)c1cnc(Nc2ccc(N3CCC4(CCN(C)CC4)CC3)c(C)c2)nc1Nc1ccccc1P(C)(C)=O. The van der Waals surface area contributed by atoms with E-state index in [2.05, 4.69) is 64.2 Å². The van der Waals surface area contributed by atoms with Gasteiger partial charge in [-0.05, 0) is 120 Å². The van der Waals surface area contributed by atoms with E-state index in [-0.39, 0.29) is 0 Å². The van der Waals surface area contributed by atoms with Gasteiger partial charge in [-0.25, -0.2) is 4.98 Å². The molecule has 5 rings (SSSR count). The van der Waals surface area contributed by atoms with E-state index in [1.807, 2.05) is 31.2 Å². The number of likely N-dealkylation sites (tertiary alicyclic amines) is 1. The minimum atomic E-state index is -2.48. The van der Waals surface area contributed by atoms with Crippen LogP contribution in [0.5, 0.6) is 0 Å². The molecule has 3 aromatic rings. The van der Waals surface area contributed by atoms with Crippen LogP contribution in [-0.4, -0.2) is 61.4 Å². The summed E-state index contributed by atoms with van der Waals surface area (Å²) in [4.78, 5) is 14.4. The molecule has 0 saturated carbocycles. The lowest BCUT2D eigenvalue weighted by atomic mass is 9.71. The third kappa shape index (κ3) is 6.26. The molecule has 0 amide bonds. The number of para-hydroxylation sites is 1. The van der Waals surface area contributed by atoms with Gasteiger partial charge in [0.1, 0.15) is 13.0 Å². The Morgan fingerprint density at radius 2 is 1.68 bits per heavy atom. The number of hydrogen-bond acceptors (Lipinski definition) is 7. The standard InChI is InChI=1S/C32H43N6OP/c1-23(2)26-22-33-31(36-30(26)35-27-9-7-8-10-29(27)40(5,6)39)34-25-11-12-28(24(3)21-25)38-19-15-32(16-20-38)13-17-37(4)18-14-32/h7-12,21-22H,1,13-20H2,2-6H3,(H2,33,34,35,36). The van der Waals surface area contributed by atoms with Crippen LogP contribution in [0.15, 0.2) is 55.2 Å². The first-order valence-electron chi connectivity index (χ1n) is 14.3. The second-order valence-electron chi connectivity index (χ2n) is 12.1. The first kappa shape index (κ1) is 28.4. The maximum absolute atomic E-state index is 12.9. The van der Waals surface area contributed by atoms with Crippen LogP contribution in [0.4, 0.5) is 28.8 Å². The van der Waals surface area contributed by atoms with Gasteiger partial charge in [0.25, 0.3) is 0 Å². The Balaban J connectivity index is 1.32. The van der Waals surface area contributed by atoms with Gasteiger partial charge in [-0.1, -0.05) is 18.7 Å². The van der Waals surface area contributed by atoms with Crippen molar-refractivity contribution in [2.75, 3.05) is 62.1 Å². The first-order valence-corrected chi connectivity index (χ1v) is 16.9. The van der Waals surface area contributed by atoms with E-state index in [1.165, 1.54) is 50.0 Å². The molecular formula is C32H43N6OP. The van der Waals surface area contributed by atoms with Crippen LogP contribution >= 0.6 is 7.14 Å². The molecule has 2 N–H and O–H groups in total. The van der Waals surface area contributed by atoms with Crippen molar-refractivity contribution in [3.63, 3.8) is 0 Å². The molecule has 8 heteroatoms. The zero-order chi connectivity index (χ0) is 28.5. The van der Waals surface area contributed by atoms with Crippen molar-refractivity contribution in [1.82, 2.24) is 14.9 Å². The summed E-state index contributed by atoms with van der Waals surface area (Å²) in [6.07, 6.45) is 7.03. The van der Waals surface area contributed by atoms with Crippen LogP contribution < -0.4 is 20.8 Å². The van der Waals surface area contributed by atoms with E-state index in [0.29, 0.717) is 17.2 Å². The molecule has 1 aromatic heterocycles. The predicted molar refractivity (Wildman–Crippen MR) is 171 cm³/mol. The number of benzene rings is 2. The highest BCUT2D eigenvalue weighted by molar-refractivity contribution is 7.70. The van der Waals surface area contributed by atoms with E-state index in [1.54, 1.807) is 19.5 Å². The number of nitrogens with one attached hydrogen (secondary N) is 2. The van der Waals surface area contributed by atoms with Crippen LogP contribution in [0.2, 0.25) is 0 Å². The van der Waals surface area contributed by atoms with Gasteiger partial charge in [-0.3, -0.25) is 0 Å². The Bertz CT molecular complexity index is 1430. The number of hydrogen-bond donors (Lipinski definition) is 2. The molecule has 2 fully saturated rings. The summed E-state index contributed by atoms with van der Waals surface area (Å²) in [6, 6.07) is 14.2. The molecular weight excluding hydrogens is 515 g/mol. The monoisotopic (exact) mass is 558 g/mol. The normalized spacial score (nSPS) is 17.6.